The van der Waals surface area contributed by atoms with E-state index in [4.69, 9.17) is 5.11 Å². The number of hydrogen-bond acceptors (Lipinski definition) is 2. The first kappa shape index (κ1) is 15.5. The number of hydrogen-bond donors (Lipinski definition) is 2. The smallest absolute Gasteiger partial charge is 0.303 e. The van der Waals surface area contributed by atoms with Gasteiger partial charge in [-0.15, -0.1) is 0 Å². The van der Waals surface area contributed by atoms with Gasteiger partial charge in [-0.25, -0.2) is 0 Å². The van der Waals surface area contributed by atoms with E-state index in [1.165, 1.54) is 18.4 Å². The lowest BCUT2D eigenvalue weighted by Gasteiger charge is -2.36. The van der Waals surface area contributed by atoms with Crippen LogP contribution < -0.4 is 5.32 Å². The van der Waals surface area contributed by atoms with Crippen molar-refractivity contribution in [2.24, 2.45) is 0 Å². The third-order valence-corrected chi connectivity index (χ3v) is 4.62. The van der Waals surface area contributed by atoms with Gasteiger partial charge in [0.15, 0.2) is 0 Å². The molecule has 0 radical (unpaired) electrons. The maximum atomic E-state index is 11.9. The van der Waals surface area contributed by atoms with Crippen molar-refractivity contribution < 1.29 is 14.7 Å². The number of amides is 1. The van der Waals surface area contributed by atoms with Gasteiger partial charge in [0.25, 0.3) is 0 Å². The van der Waals surface area contributed by atoms with Crippen LogP contribution in [0.15, 0.2) is 30.3 Å². The summed E-state index contributed by atoms with van der Waals surface area (Å²) in [5.74, 6) is -1.11. The largest absolute Gasteiger partial charge is 0.481 e. The molecule has 1 saturated carbocycles. The first-order valence-electron chi connectivity index (χ1n) is 7.61. The second kappa shape index (κ2) is 6.74. The molecule has 1 aromatic rings. The van der Waals surface area contributed by atoms with Crippen molar-refractivity contribution in [1.29, 1.82) is 0 Å². The van der Waals surface area contributed by atoms with Crippen molar-refractivity contribution in [2.45, 2.75) is 56.9 Å². The molecule has 1 atom stereocenters. The van der Waals surface area contributed by atoms with Gasteiger partial charge in [0.2, 0.25) is 5.91 Å². The monoisotopic (exact) mass is 289 g/mol. The zero-order chi connectivity index (χ0) is 15.3. The summed E-state index contributed by atoms with van der Waals surface area (Å²) in [6, 6.07) is 10.4. The summed E-state index contributed by atoms with van der Waals surface area (Å²) in [6.45, 7) is 2.04. The Morgan fingerprint density at radius 1 is 1.19 bits per heavy atom. The average Bonchev–Trinajstić information content (AvgIpc) is 2.97. The Morgan fingerprint density at radius 2 is 1.81 bits per heavy atom. The van der Waals surface area contributed by atoms with Crippen LogP contribution in [0, 0.1) is 0 Å². The second-order valence-corrected chi connectivity index (χ2v) is 5.91. The zero-order valence-corrected chi connectivity index (χ0v) is 12.5. The van der Waals surface area contributed by atoms with Crippen molar-refractivity contribution >= 4 is 11.9 Å². The van der Waals surface area contributed by atoms with Crippen molar-refractivity contribution in [1.82, 2.24) is 5.32 Å². The Hall–Kier alpha value is -1.84. The van der Waals surface area contributed by atoms with Crippen molar-refractivity contribution in [3.63, 3.8) is 0 Å². The van der Waals surface area contributed by atoms with Gasteiger partial charge in [0.05, 0.1) is 6.42 Å². The van der Waals surface area contributed by atoms with Crippen molar-refractivity contribution in [3.8, 4) is 0 Å². The predicted octanol–water partition coefficient (Wildman–Crippen LogP) is 2.87. The molecule has 1 amide bonds. The van der Waals surface area contributed by atoms with E-state index < -0.39 is 5.97 Å². The van der Waals surface area contributed by atoms with E-state index in [9.17, 15) is 9.59 Å². The highest BCUT2D eigenvalue weighted by Crippen LogP contribution is 2.43. The van der Waals surface area contributed by atoms with Crippen molar-refractivity contribution in [2.75, 3.05) is 0 Å². The van der Waals surface area contributed by atoms with Gasteiger partial charge in [0, 0.05) is 17.9 Å². The van der Waals surface area contributed by atoms with E-state index in [2.05, 4.69) is 17.4 Å². The molecule has 0 saturated heterocycles. The lowest BCUT2D eigenvalue weighted by molar-refractivity contribution is -0.139. The van der Waals surface area contributed by atoms with E-state index in [0.717, 1.165) is 12.8 Å². The summed E-state index contributed by atoms with van der Waals surface area (Å²) >= 11 is 0. The van der Waals surface area contributed by atoms with Gasteiger partial charge in [-0.2, -0.15) is 0 Å². The van der Waals surface area contributed by atoms with Crippen LogP contribution in [0.3, 0.4) is 0 Å². The van der Waals surface area contributed by atoms with Gasteiger partial charge >= 0.3 is 5.97 Å². The molecule has 0 bridgehead atoms. The maximum absolute atomic E-state index is 11.9. The number of carbonyl (C=O) groups excluding carboxylic acids is 1. The van der Waals surface area contributed by atoms with Gasteiger partial charge in [0.1, 0.15) is 0 Å². The van der Waals surface area contributed by atoms with Crippen LogP contribution in [-0.2, 0) is 15.0 Å². The number of aliphatic carboxylic acids is 1. The quantitative estimate of drug-likeness (QED) is 0.846. The topological polar surface area (TPSA) is 66.4 Å². The molecule has 0 heterocycles. The zero-order valence-electron chi connectivity index (χ0n) is 12.5. The van der Waals surface area contributed by atoms with E-state index in [1.807, 2.05) is 25.1 Å². The van der Waals surface area contributed by atoms with Gasteiger partial charge in [-0.05, 0) is 25.3 Å². The van der Waals surface area contributed by atoms with Crippen LogP contribution in [0.2, 0.25) is 0 Å². The molecule has 1 fully saturated rings. The Morgan fingerprint density at radius 3 is 2.38 bits per heavy atom. The molecule has 4 nitrogen and oxygen atoms in total. The Bertz CT molecular complexity index is 492. The predicted molar refractivity (Wildman–Crippen MR) is 81.1 cm³/mol. The van der Waals surface area contributed by atoms with E-state index >= 15 is 0 Å². The Labute approximate surface area is 125 Å². The Kier molecular flexibility index (Phi) is 4.99. The van der Waals surface area contributed by atoms with Crippen LogP contribution in [0.25, 0.3) is 0 Å². The Balaban J connectivity index is 2.08. The minimum Gasteiger partial charge on any atom is -0.481 e. The minimum absolute atomic E-state index is 0.0137. The van der Waals surface area contributed by atoms with Crippen LogP contribution in [-0.4, -0.2) is 23.0 Å². The van der Waals surface area contributed by atoms with Crippen molar-refractivity contribution in [3.05, 3.63) is 35.9 Å². The number of benzene rings is 1. The summed E-state index contributed by atoms with van der Waals surface area (Å²) < 4.78 is 0. The van der Waals surface area contributed by atoms with Crippen LogP contribution in [0.4, 0.5) is 0 Å². The number of rotatable bonds is 6. The van der Waals surface area contributed by atoms with Crippen LogP contribution >= 0.6 is 0 Å². The number of carboxylic acids is 1. The molecule has 2 N–H and O–H groups in total. The molecule has 1 unspecified atom stereocenters. The molecular weight excluding hydrogens is 266 g/mol. The summed E-state index contributed by atoms with van der Waals surface area (Å²) in [6.07, 6.45) is 4.41. The molecule has 2 rings (SSSR count). The maximum Gasteiger partial charge on any atom is 0.303 e. The van der Waals surface area contributed by atoms with E-state index in [-0.39, 0.29) is 30.2 Å². The van der Waals surface area contributed by atoms with E-state index in [1.54, 1.807) is 0 Å². The fourth-order valence-electron chi connectivity index (χ4n) is 3.42. The average molecular weight is 289 g/mol. The molecule has 4 heteroatoms. The van der Waals surface area contributed by atoms with Gasteiger partial charge in [-0.3, -0.25) is 9.59 Å². The van der Waals surface area contributed by atoms with Crippen LogP contribution in [0.5, 0.6) is 0 Å². The fourth-order valence-corrected chi connectivity index (χ4v) is 3.42. The lowest BCUT2D eigenvalue weighted by atomic mass is 9.73. The molecular formula is C17H23NO3. The summed E-state index contributed by atoms with van der Waals surface area (Å²) in [4.78, 5) is 22.5. The molecule has 1 aliphatic rings. The number of carboxylic acid groups (broad SMARTS) is 1. The highest BCUT2D eigenvalue weighted by Gasteiger charge is 2.41. The number of nitrogens with one attached hydrogen (secondary N) is 1. The standard InChI is InChI=1S/C17H23NO3/c1-13(18-15(19)9-10-16(20)21)17(11-5-6-12-17)14-7-3-2-4-8-14/h2-4,7-8,13H,5-6,9-12H2,1H3,(H,18,19)(H,20,21). The highest BCUT2D eigenvalue weighted by atomic mass is 16.4. The number of carbonyl (C=O) groups is 2. The second-order valence-electron chi connectivity index (χ2n) is 5.91. The fraction of sp³-hybridized carbons (Fsp3) is 0.529. The molecule has 0 aliphatic heterocycles. The van der Waals surface area contributed by atoms with Gasteiger partial charge in [-0.1, -0.05) is 43.2 Å². The van der Waals surface area contributed by atoms with Crippen LogP contribution in [0.1, 0.15) is 51.0 Å². The molecule has 0 spiro atoms. The van der Waals surface area contributed by atoms with E-state index in [0.29, 0.717) is 0 Å². The summed E-state index contributed by atoms with van der Waals surface area (Å²) in [5, 5.41) is 11.7. The SMILES string of the molecule is CC(NC(=O)CCC(=O)O)C1(c2ccccc2)CCCC1. The molecule has 21 heavy (non-hydrogen) atoms. The summed E-state index contributed by atoms with van der Waals surface area (Å²) in [7, 11) is 0. The van der Waals surface area contributed by atoms with Gasteiger partial charge < -0.3 is 10.4 Å². The minimum atomic E-state index is -0.934. The molecule has 1 aliphatic carbocycles. The molecule has 0 aromatic heterocycles. The third kappa shape index (κ3) is 3.63. The normalized spacial score (nSPS) is 18.1. The first-order chi connectivity index (χ1) is 10.0. The molecule has 1 aromatic carbocycles. The molecule has 114 valence electrons. The first-order valence-corrected chi connectivity index (χ1v) is 7.61. The lowest BCUT2D eigenvalue weighted by Crippen LogP contribution is -2.47. The summed E-state index contributed by atoms with van der Waals surface area (Å²) in [5.41, 5.74) is 1.26. The highest BCUT2D eigenvalue weighted by molar-refractivity contribution is 5.80. The third-order valence-electron chi connectivity index (χ3n) is 4.62.